The van der Waals surface area contributed by atoms with E-state index in [2.05, 4.69) is 17.6 Å². The third-order valence-electron chi connectivity index (χ3n) is 4.69. The van der Waals surface area contributed by atoms with Gasteiger partial charge in [0, 0.05) is 6.42 Å². The average molecular weight is 359 g/mol. The van der Waals surface area contributed by atoms with Crippen molar-refractivity contribution in [1.29, 1.82) is 0 Å². The zero-order chi connectivity index (χ0) is 16.8. The summed E-state index contributed by atoms with van der Waals surface area (Å²) in [5, 5.41) is 6.28. The number of hydrogen-bond acceptors (Lipinski definition) is 3. The van der Waals surface area contributed by atoms with Gasteiger partial charge in [0.05, 0.1) is 18.7 Å². The molecule has 136 valence electrons. The molecule has 1 aliphatic rings. The zero-order valence-electron chi connectivity index (χ0n) is 14.6. The number of piperidine rings is 1. The van der Waals surface area contributed by atoms with Crippen LogP contribution in [-0.4, -0.2) is 26.1 Å². The van der Waals surface area contributed by atoms with Crippen molar-refractivity contribution in [3.05, 3.63) is 29.6 Å². The van der Waals surface area contributed by atoms with Crippen LogP contribution in [0.4, 0.5) is 4.39 Å². The molecule has 3 unspecified atom stereocenters. The molecule has 1 aromatic rings. The number of halogens is 2. The molecule has 2 rings (SSSR count). The maximum absolute atomic E-state index is 14.1. The maximum Gasteiger partial charge on any atom is 0.220 e. The van der Waals surface area contributed by atoms with Crippen molar-refractivity contribution in [1.82, 2.24) is 10.6 Å². The zero-order valence-corrected chi connectivity index (χ0v) is 15.4. The van der Waals surface area contributed by atoms with Crippen molar-refractivity contribution >= 4 is 18.3 Å². The van der Waals surface area contributed by atoms with E-state index in [1.807, 2.05) is 0 Å². The Morgan fingerprint density at radius 2 is 2.21 bits per heavy atom. The lowest BCUT2D eigenvalue weighted by Gasteiger charge is -2.28. The molecule has 0 aromatic heterocycles. The smallest absolute Gasteiger partial charge is 0.220 e. The van der Waals surface area contributed by atoms with Crippen molar-refractivity contribution in [2.75, 3.05) is 20.2 Å². The molecule has 0 spiro atoms. The number of nitrogens with one attached hydrogen (secondary N) is 2. The highest BCUT2D eigenvalue weighted by atomic mass is 35.5. The highest BCUT2D eigenvalue weighted by Crippen LogP contribution is 2.28. The Morgan fingerprint density at radius 1 is 1.46 bits per heavy atom. The monoisotopic (exact) mass is 358 g/mol. The predicted molar refractivity (Wildman–Crippen MR) is 96.1 cm³/mol. The van der Waals surface area contributed by atoms with Crippen molar-refractivity contribution in [3.8, 4) is 5.75 Å². The van der Waals surface area contributed by atoms with Gasteiger partial charge in [-0.25, -0.2) is 4.39 Å². The summed E-state index contributed by atoms with van der Waals surface area (Å²) in [6.45, 7) is 5.95. The number of rotatable bonds is 6. The van der Waals surface area contributed by atoms with E-state index in [1.54, 1.807) is 19.1 Å². The minimum absolute atomic E-state index is 0. The minimum Gasteiger partial charge on any atom is -0.496 e. The third-order valence-corrected chi connectivity index (χ3v) is 4.69. The fraction of sp³-hybridized carbons (Fsp3) is 0.611. The molecule has 2 N–H and O–H groups in total. The largest absolute Gasteiger partial charge is 0.496 e. The molecule has 1 aliphatic heterocycles. The Kier molecular flexibility index (Phi) is 8.50. The molecule has 3 atom stereocenters. The minimum atomic E-state index is -0.421. The molecule has 1 fully saturated rings. The normalized spacial score (nSPS) is 19.8. The Labute approximate surface area is 149 Å². The number of carbonyl (C=O) groups is 1. The molecule has 24 heavy (non-hydrogen) atoms. The molecule has 0 bridgehead atoms. The second-order valence-corrected chi connectivity index (χ2v) is 6.43. The van der Waals surface area contributed by atoms with E-state index < -0.39 is 6.04 Å². The first-order valence-corrected chi connectivity index (χ1v) is 8.35. The van der Waals surface area contributed by atoms with E-state index >= 15 is 0 Å². The Hall–Kier alpha value is -1.33. The number of amides is 1. The van der Waals surface area contributed by atoms with Crippen LogP contribution in [0.5, 0.6) is 5.75 Å². The van der Waals surface area contributed by atoms with Crippen molar-refractivity contribution in [2.45, 2.75) is 39.2 Å². The summed E-state index contributed by atoms with van der Waals surface area (Å²) in [5.41, 5.74) is 0.398. The Balaban J connectivity index is 0.00000288. The van der Waals surface area contributed by atoms with Gasteiger partial charge in [-0.1, -0.05) is 13.0 Å². The number of carbonyl (C=O) groups excluding carboxylic acids is 1. The molecule has 0 radical (unpaired) electrons. The second-order valence-electron chi connectivity index (χ2n) is 6.43. The highest BCUT2D eigenvalue weighted by molar-refractivity contribution is 5.85. The van der Waals surface area contributed by atoms with E-state index in [9.17, 15) is 9.18 Å². The lowest BCUT2D eigenvalue weighted by Crippen LogP contribution is -2.36. The topological polar surface area (TPSA) is 50.4 Å². The molecule has 1 aromatic carbocycles. The van der Waals surface area contributed by atoms with Crippen LogP contribution >= 0.6 is 12.4 Å². The first-order valence-electron chi connectivity index (χ1n) is 8.35. The number of ether oxygens (including phenoxy) is 1. The SMILES string of the molecule is COc1cccc(F)c1C(C)NC(=O)CC(C)C1CCCNC1.Cl. The summed E-state index contributed by atoms with van der Waals surface area (Å²) >= 11 is 0. The summed E-state index contributed by atoms with van der Waals surface area (Å²) in [4.78, 5) is 12.3. The fourth-order valence-corrected chi connectivity index (χ4v) is 3.31. The molecule has 0 aliphatic carbocycles. The lowest BCUT2D eigenvalue weighted by atomic mass is 9.85. The van der Waals surface area contributed by atoms with Crippen LogP contribution in [-0.2, 0) is 4.79 Å². The molecular weight excluding hydrogens is 331 g/mol. The molecule has 1 heterocycles. The van der Waals surface area contributed by atoms with Crippen molar-refractivity contribution in [2.24, 2.45) is 11.8 Å². The molecule has 4 nitrogen and oxygen atoms in total. The lowest BCUT2D eigenvalue weighted by molar-refractivity contribution is -0.123. The van der Waals surface area contributed by atoms with Gasteiger partial charge in [-0.15, -0.1) is 12.4 Å². The van der Waals surface area contributed by atoms with E-state index in [0.717, 1.165) is 19.5 Å². The van der Waals surface area contributed by atoms with Crippen molar-refractivity contribution in [3.63, 3.8) is 0 Å². The quantitative estimate of drug-likeness (QED) is 0.818. The predicted octanol–water partition coefficient (Wildman–Crippen LogP) is 3.46. The van der Waals surface area contributed by atoms with Crippen LogP contribution in [0.2, 0.25) is 0 Å². The summed E-state index contributed by atoms with van der Waals surface area (Å²) in [5.74, 6) is 0.912. The molecule has 1 saturated heterocycles. The van der Waals surface area contributed by atoms with Gasteiger partial charge in [0.25, 0.3) is 0 Å². The van der Waals surface area contributed by atoms with Gasteiger partial charge in [-0.2, -0.15) is 0 Å². The van der Waals surface area contributed by atoms with Gasteiger partial charge < -0.3 is 15.4 Å². The van der Waals surface area contributed by atoms with Gasteiger partial charge in [0.2, 0.25) is 5.91 Å². The standard InChI is InChI=1S/C18H27FN2O2.ClH/c1-12(14-6-5-9-20-11-14)10-17(22)21-13(2)18-15(19)7-4-8-16(18)23-3;/h4,7-8,12-14,20H,5-6,9-11H2,1-3H3,(H,21,22);1H. The van der Waals surface area contributed by atoms with Crippen LogP contribution in [0.25, 0.3) is 0 Å². The first-order chi connectivity index (χ1) is 11.0. The molecular formula is C18H28ClFN2O2. The van der Waals surface area contributed by atoms with E-state index in [1.165, 1.54) is 19.6 Å². The van der Waals surface area contributed by atoms with E-state index in [-0.39, 0.29) is 24.1 Å². The number of methoxy groups -OCH3 is 1. The van der Waals surface area contributed by atoms with Crippen molar-refractivity contribution < 1.29 is 13.9 Å². The Morgan fingerprint density at radius 3 is 2.83 bits per heavy atom. The highest BCUT2D eigenvalue weighted by Gasteiger charge is 2.24. The van der Waals surface area contributed by atoms with Crippen LogP contribution in [0, 0.1) is 17.7 Å². The van der Waals surface area contributed by atoms with Gasteiger partial charge in [0.1, 0.15) is 11.6 Å². The van der Waals surface area contributed by atoms with Crippen LogP contribution in [0.1, 0.15) is 44.7 Å². The van der Waals surface area contributed by atoms with Crippen LogP contribution in [0.15, 0.2) is 18.2 Å². The summed E-state index contributed by atoms with van der Waals surface area (Å²) in [6, 6.07) is 4.27. The van der Waals surface area contributed by atoms with Crippen LogP contribution in [0.3, 0.4) is 0 Å². The molecule has 0 saturated carbocycles. The number of benzene rings is 1. The van der Waals surface area contributed by atoms with Gasteiger partial charge in [-0.05, 0) is 56.8 Å². The average Bonchev–Trinajstić information content (AvgIpc) is 2.54. The fourth-order valence-electron chi connectivity index (χ4n) is 3.31. The van der Waals surface area contributed by atoms with Gasteiger partial charge >= 0.3 is 0 Å². The third kappa shape index (κ3) is 5.35. The van der Waals surface area contributed by atoms with E-state index in [4.69, 9.17) is 4.74 Å². The van der Waals surface area contributed by atoms with Gasteiger partial charge in [0.15, 0.2) is 0 Å². The second kappa shape index (κ2) is 9.84. The summed E-state index contributed by atoms with van der Waals surface area (Å²) in [7, 11) is 1.50. The van der Waals surface area contributed by atoms with E-state index in [0.29, 0.717) is 29.6 Å². The summed E-state index contributed by atoms with van der Waals surface area (Å²) in [6.07, 6.45) is 2.80. The first kappa shape index (κ1) is 20.7. The Bertz CT molecular complexity index is 536. The van der Waals surface area contributed by atoms with Crippen LogP contribution < -0.4 is 15.4 Å². The maximum atomic E-state index is 14.1. The summed E-state index contributed by atoms with van der Waals surface area (Å²) < 4.78 is 19.3. The van der Waals surface area contributed by atoms with Gasteiger partial charge in [-0.3, -0.25) is 4.79 Å². The number of hydrogen-bond donors (Lipinski definition) is 2. The molecule has 1 amide bonds. The molecule has 6 heteroatoms.